The smallest absolute Gasteiger partial charge is 0.416 e. The fourth-order valence-corrected chi connectivity index (χ4v) is 2.16. The van der Waals surface area contributed by atoms with E-state index in [-0.39, 0.29) is 22.1 Å². The van der Waals surface area contributed by atoms with E-state index in [0.29, 0.717) is 6.07 Å². The van der Waals surface area contributed by atoms with Gasteiger partial charge in [-0.3, -0.25) is 10.1 Å². The van der Waals surface area contributed by atoms with Crippen LogP contribution >= 0.6 is 11.6 Å². The van der Waals surface area contributed by atoms with Gasteiger partial charge in [-0.1, -0.05) is 11.6 Å². The van der Waals surface area contributed by atoms with Crippen LogP contribution in [0.25, 0.3) is 0 Å². The van der Waals surface area contributed by atoms with Crippen LogP contribution < -0.4 is 4.74 Å². The molecule has 2 aromatic carbocycles. The maximum absolute atomic E-state index is 12.6. The van der Waals surface area contributed by atoms with Crippen molar-refractivity contribution in [1.82, 2.24) is 0 Å². The van der Waals surface area contributed by atoms with E-state index >= 15 is 0 Å². The molecule has 10 heteroatoms. The molecule has 1 atom stereocenters. The minimum absolute atomic E-state index is 0.0449. The first-order chi connectivity index (χ1) is 11.6. The van der Waals surface area contributed by atoms with Crippen molar-refractivity contribution in [2.24, 2.45) is 0 Å². The van der Waals surface area contributed by atoms with E-state index in [9.17, 15) is 28.4 Å². The van der Waals surface area contributed by atoms with Gasteiger partial charge in [0.2, 0.25) is 0 Å². The molecule has 25 heavy (non-hydrogen) atoms. The average Bonchev–Trinajstić information content (AvgIpc) is 2.54. The molecule has 0 aliphatic rings. The highest BCUT2D eigenvalue weighted by molar-refractivity contribution is 6.32. The van der Waals surface area contributed by atoms with E-state index in [0.717, 1.165) is 24.3 Å². The van der Waals surface area contributed by atoms with E-state index in [1.807, 2.05) is 0 Å². The van der Waals surface area contributed by atoms with Gasteiger partial charge in [-0.2, -0.15) is 18.4 Å². The van der Waals surface area contributed by atoms with E-state index in [1.54, 1.807) is 0 Å². The van der Waals surface area contributed by atoms with Crippen molar-refractivity contribution in [2.75, 3.05) is 0 Å². The minimum atomic E-state index is -4.57. The third-order valence-corrected chi connectivity index (χ3v) is 3.39. The maximum atomic E-state index is 12.6. The summed E-state index contributed by atoms with van der Waals surface area (Å²) >= 11 is 5.76. The first kappa shape index (κ1) is 18.5. The van der Waals surface area contributed by atoms with Gasteiger partial charge in [0.1, 0.15) is 11.5 Å². The summed E-state index contributed by atoms with van der Waals surface area (Å²) in [5, 5.41) is 28.9. The van der Waals surface area contributed by atoms with Crippen LogP contribution in [-0.4, -0.2) is 10.0 Å². The normalized spacial score (nSPS) is 12.3. The van der Waals surface area contributed by atoms with Crippen LogP contribution in [-0.2, 0) is 6.18 Å². The highest BCUT2D eigenvalue weighted by Crippen LogP contribution is 2.37. The van der Waals surface area contributed by atoms with Crippen molar-refractivity contribution in [3.05, 3.63) is 62.7 Å². The number of ether oxygens (including phenoxy) is 1. The molecule has 6 nitrogen and oxygen atoms in total. The van der Waals surface area contributed by atoms with Crippen LogP contribution in [0, 0.1) is 21.4 Å². The molecule has 1 N–H and O–H groups in total. The largest absolute Gasteiger partial charge is 0.456 e. The SMILES string of the molecule is N#CC(O)c1cc(Oc2ccc(C(F)(F)F)cc2Cl)ccc1[N+](=O)[O-]. The Hall–Kier alpha value is -2.83. The molecule has 0 aliphatic carbocycles. The number of nitrogens with zero attached hydrogens (tertiary/aromatic N) is 2. The Morgan fingerprint density at radius 2 is 1.96 bits per heavy atom. The number of nitro groups is 1. The molecule has 0 fully saturated rings. The molecule has 2 rings (SSSR count). The molecule has 0 bridgehead atoms. The number of hydrogen-bond donors (Lipinski definition) is 1. The molecule has 0 saturated carbocycles. The molecule has 2 aromatic rings. The number of hydrogen-bond acceptors (Lipinski definition) is 5. The van der Waals surface area contributed by atoms with Gasteiger partial charge >= 0.3 is 6.18 Å². The van der Waals surface area contributed by atoms with Gasteiger partial charge in [-0.15, -0.1) is 0 Å². The highest BCUT2D eigenvalue weighted by Gasteiger charge is 2.31. The Labute approximate surface area is 143 Å². The summed E-state index contributed by atoms with van der Waals surface area (Å²) in [6, 6.07) is 7.09. The van der Waals surface area contributed by atoms with Crippen molar-refractivity contribution >= 4 is 17.3 Å². The lowest BCUT2D eigenvalue weighted by atomic mass is 10.1. The highest BCUT2D eigenvalue weighted by atomic mass is 35.5. The quantitative estimate of drug-likeness (QED) is 0.480. The van der Waals surface area contributed by atoms with Gasteiger partial charge in [-0.05, 0) is 30.3 Å². The molecule has 1 unspecified atom stereocenters. The van der Waals surface area contributed by atoms with Crippen LogP contribution in [0.2, 0.25) is 5.02 Å². The summed E-state index contributed by atoms with van der Waals surface area (Å²) in [4.78, 5) is 10.1. The van der Waals surface area contributed by atoms with Crippen LogP contribution in [0.1, 0.15) is 17.2 Å². The summed E-state index contributed by atoms with van der Waals surface area (Å²) in [5.41, 5.74) is -1.78. The molecular formula is C15H8ClF3N2O4. The second kappa shape index (κ2) is 6.96. The van der Waals surface area contributed by atoms with Crippen LogP contribution in [0.4, 0.5) is 18.9 Å². The fourth-order valence-electron chi connectivity index (χ4n) is 1.94. The Kier molecular flexibility index (Phi) is 5.15. The third kappa shape index (κ3) is 4.17. The van der Waals surface area contributed by atoms with E-state index in [4.69, 9.17) is 21.6 Å². The number of aliphatic hydroxyl groups is 1. The average molecular weight is 373 g/mol. The first-order valence-electron chi connectivity index (χ1n) is 6.54. The minimum Gasteiger partial charge on any atom is -0.456 e. The van der Waals surface area contributed by atoms with Gasteiger partial charge in [0.25, 0.3) is 5.69 Å². The number of nitro benzene ring substituents is 1. The standard InChI is InChI=1S/C15H8ClF3N2O4/c16-11-5-8(15(17,18)19)1-4-14(11)25-9-2-3-12(21(23)24)10(6-9)13(22)7-20/h1-6,13,22H. The number of aliphatic hydroxyl groups excluding tert-OH is 1. The Morgan fingerprint density at radius 1 is 1.28 bits per heavy atom. The van der Waals surface area contributed by atoms with Crippen LogP contribution in [0.15, 0.2) is 36.4 Å². The molecule has 0 aliphatic heterocycles. The van der Waals surface area contributed by atoms with Gasteiger partial charge in [0.05, 0.1) is 27.1 Å². The van der Waals surface area contributed by atoms with E-state index in [2.05, 4.69) is 0 Å². The van der Waals surface area contributed by atoms with Gasteiger partial charge < -0.3 is 9.84 Å². The molecule has 0 heterocycles. The third-order valence-electron chi connectivity index (χ3n) is 3.10. The number of nitriles is 1. The molecule has 0 aromatic heterocycles. The van der Waals surface area contributed by atoms with Crippen molar-refractivity contribution in [3.8, 4) is 17.6 Å². The fraction of sp³-hybridized carbons (Fsp3) is 0.133. The number of benzene rings is 2. The van der Waals surface area contributed by atoms with Crippen molar-refractivity contribution in [3.63, 3.8) is 0 Å². The maximum Gasteiger partial charge on any atom is 0.416 e. The molecule has 0 amide bonds. The summed E-state index contributed by atoms with van der Waals surface area (Å²) in [6.45, 7) is 0. The monoisotopic (exact) mass is 372 g/mol. The zero-order chi connectivity index (χ0) is 18.8. The molecule has 0 saturated heterocycles. The van der Waals surface area contributed by atoms with Gasteiger partial charge in [-0.25, -0.2) is 0 Å². The predicted octanol–water partition coefficient (Wildman–Crippen LogP) is 4.62. The summed E-state index contributed by atoms with van der Waals surface area (Å²) in [5.74, 6) is -0.169. The van der Waals surface area contributed by atoms with Gasteiger partial charge in [0, 0.05) is 6.07 Å². The zero-order valence-corrected chi connectivity index (χ0v) is 12.9. The Balaban J connectivity index is 2.38. The summed E-state index contributed by atoms with van der Waals surface area (Å²) < 4.78 is 43.1. The zero-order valence-electron chi connectivity index (χ0n) is 12.1. The molecule has 0 radical (unpaired) electrons. The lowest BCUT2D eigenvalue weighted by Gasteiger charge is -2.12. The van der Waals surface area contributed by atoms with Crippen molar-refractivity contribution in [2.45, 2.75) is 12.3 Å². The lowest BCUT2D eigenvalue weighted by Crippen LogP contribution is -2.04. The van der Waals surface area contributed by atoms with Crippen molar-refractivity contribution < 1.29 is 27.9 Å². The molecular weight excluding hydrogens is 365 g/mol. The second-order valence-electron chi connectivity index (χ2n) is 4.75. The van der Waals surface area contributed by atoms with Crippen LogP contribution in [0.5, 0.6) is 11.5 Å². The number of alkyl halides is 3. The van der Waals surface area contributed by atoms with Gasteiger partial charge in [0.15, 0.2) is 6.10 Å². The Morgan fingerprint density at radius 3 is 2.48 bits per heavy atom. The molecule has 130 valence electrons. The predicted molar refractivity (Wildman–Crippen MR) is 80.2 cm³/mol. The lowest BCUT2D eigenvalue weighted by molar-refractivity contribution is -0.386. The molecule has 0 spiro atoms. The summed E-state index contributed by atoms with van der Waals surface area (Å²) in [6.07, 6.45) is -6.34. The first-order valence-corrected chi connectivity index (χ1v) is 6.92. The van der Waals surface area contributed by atoms with Crippen molar-refractivity contribution in [1.29, 1.82) is 5.26 Å². The number of halogens is 4. The van der Waals surface area contributed by atoms with Crippen LogP contribution in [0.3, 0.4) is 0 Å². The Bertz CT molecular complexity index is 865. The van der Waals surface area contributed by atoms with E-state index < -0.39 is 28.5 Å². The number of rotatable bonds is 4. The summed E-state index contributed by atoms with van der Waals surface area (Å²) in [7, 11) is 0. The topological polar surface area (TPSA) is 96.4 Å². The second-order valence-corrected chi connectivity index (χ2v) is 5.16. The van der Waals surface area contributed by atoms with E-state index in [1.165, 1.54) is 12.1 Å².